The van der Waals surface area contributed by atoms with Crippen LogP contribution in [0.4, 0.5) is 0 Å². The Morgan fingerprint density at radius 3 is 2.27 bits per heavy atom. The van der Waals surface area contributed by atoms with E-state index in [-0.39, 0.29) is 18.6 Å². The van der Waals surface area contributed by atoms with Crippen molar-refractivity contribution < 1.29 is 19.4 Å². The van der Waals surface area contributed by atoms with E-state index < -0.39 is 5.97 Å². The smallest absolute Gasteiger partial charge is 0.303 e. The van der Waals surface area contributed by atoms with Gasteiger partial charge in [-0.3, -0.25) is 9.69 Å². The summed E-state index contributed by atoms with van der Waals surface area (Å²) in [5, 5.41) is 8.52. The van der Waals surface area contributed by atoms with Gasteiger partial charge in [0.05, 0.1) is 12.2 Å². The predicted octanol–water partition coefficient (Wildman–Crippen LogP) is 0.197. The third-order valence-corrected chi connectivity index (χ3v) is 2.76. The molecule has 15 heavy (non-hydrogen) atoms. The van der Waals surface area contributed by atoms with Gasteiger partial charge in [-0.1, -0.05) is 0 Å². The molecule has 0 bridgehead atoms. The number of methoxy groups -OCH3 is 2. The lowest BCUT2D eigenvalue weighted by Crippen LogP contribution is -2.27. The Hall–Kier alpha value is -0.650. The quantitative estimate of drug-likeness (QED) is 0.688. The number of likely N-dealkylation sites (tertiary alicyclic amines) is 1. The summed E-state index contributed by atoms with van der Waals surface area (Å²) in [7, 11) is 3.36. The van der Waals surface area contributed by atoms with Crippen LogP contribution in [0.3, 0.4) is 0 Å². The van der Waals surface area contributed by atoms with Crippen molar-refractivity contribution in [2.75, 3.05) is 33.9 Å². The van der Waals surface area contributed by atoms with Gasteiger partial charge in [-0.15, -0.1) is 0 Å². The van der Waals surface area contributed by atoms with E-state index >= 15 is 0 Å². The van der Waals surface area contributed by atoms with Crippen LogP contribution in [0.1, 0.15) is 12.8 Å². The molecule has 0 aromatic rings. The highest BCUT2D eigenvalue weighted by molar-refractivity contribution is 5.66. The molecule has 88 valence electrons. The second-order valence-electron chi connectivity index (χ2n) is 3.81. The summed E-state index contributed by atoms with van der Waals surface area (Å²) in [6, 6.07) is 0. The number of carboxylic acid groups (broad SMARTS) is 1. The molecule has 0 spiro atoms. The molecule has 0 radical (unpaired) electrons. The van der Waals surface area contributed by atoms with E-state index in [1.165, 1.54) is 0 Å². The van der Waals surface area contributed by atoms with E-state index in [2.05, 4.69) is 4.90 Å². The highest BCUT2D eigenvalue weighted by Gasteiger charge is 2.32. The van der Waals surface area contributed by atoms with E-state index in [9.17, 15) is 4.79 Å². The fraction of sp³-hybridized carbons (Fsp3) is 0.900. The van der Waals surface area contributed by atoms with Gasteiger partial charge in [0.15, 0.2) is 0 Å². The number of nitrogens with zero attached hydrogens (tertiary/aromatic N) is 1. The second kappa shape index (κ2) is 6.05. The lowest BCUT2D eigenvalue weighted by Gasteiger charge is -2.13. The van der Waals surface area contributed by atoms with Crippen LogP contribution in [0.2, 0.25) is 0 Å². The zero-order valence-electron chi connectivity index (χ0n) is 9.31. The minimum Gasteiger partial charge on any atom is -0.481 e. The summed E-state index contributed by atoms with van der Waals surface area (Å²) in [6.45, 7) is 2.45. The number of hydrogen-bond donors (Lipinski definition) is 1. The first-order valence-electron chi connectivity index (χ1n) is 5.17. The van der Waals surface area contributed by atoms with Gasteiger partial charge < -0.3 is 14.6 Å². The fourth-order valence-corrected chi connectivity index (χ4v) is 1.91. The van der Waals surface area contributed by atoms with Gasteiger partial charge in [0.1, 0.15) is 0 Å². The first-order valence-corrected chi connectivity index (χ1v) is 5.17. The molecule has 5 heteroatoms. The van der Waals surface area contributed by atoms with Crippen LogP contribution in [-0.4, -0.2) is 62.0 Å². The fourth-order valence-electron chi connectivity index (χ4n) is 1.91. The first kappa shape index (κ1) is 12.4. The van der Waals surface area contributed by atoms with E-state index in [0.29, 0.717) is 6.42 Å². The van der Waals surface area contributed by atoms with Crippen molar-refractivity contribution in [1.29, 1.82) is 0 Å². The Labute approximate surface area is 90.0 Å². The third kappa shape index (κ3) is 3.77. The molecule has 0 aromatic heterocycles. The van der Waals surface area contributed by atoms with Crippen LogP contribution < -0.4 is 0 Å². The first-order chi connectivity index (χ1) is 7.17. The molecule has 1 N–H and O–H groups in total. The number of hydrogen-bond acceptors (Lipinski definition) is 4. The van der Waals surface area contributed by atoms with Gasteiger partial charge >= 0.3 is 5.97 Å². The largest absolute Gasteiger partial charge is 0.481 e. The van der Waals surface area contributed by atoms with Crippen molar-refractivity contribution in [2.24, 2.45) is 0 Å². The summed E-state index contributed by atoms with van der Waals surface area (Å²) in [5.74, 6) is -0.735. The van der Waals surface area contributed by atoms with Gasteiger partial charge in [-0.05, 0) is 13.0 Å². The Kier molecular flexibility index (Phi) is 5.01. The molecule has 1 aliphatic heterocycles. The Bertz CT molecular complexity index is 198. The molecule has 2 unspecified atom stereocenters. The van der Waals surface area contributed by atoms with Crippen LogP contribution in [-0.2, 0) is 14.3 Å². The summed E-state index contributed by atoms with van der Waals surface area (Å²) < 4.78 is 10.6. The van der Waals surface area contributed by atoms with Crippen LogP contribution in [0, 0.1) is 0 Å². The van der Waals surface area contributed by atoms with Crippen LogP contribution in [0.5, 0.6) is 0 Å². The molecular formula is C10H19NO4. The maximum atomic E-state index is 10.3. The van der Waals surface area contributed by atoms with E-state index in [0.717, 1.165) is 19.6 Å². The maximum absolute atomic E-state index is 10.3. The van der Waals surface area contributed by atoms with Crippen molar-refractivity contribution in [3.05, 3.63) is 0 Å². The van der Waals surface area contributed by atoms with Gasteiger partial charge in [0.2, 0.25) is 0 Å². The molecular weight excluding hydrogens is 198 g/mol. The van der Waals surface area contributed by atoms with Crippen LogP contribution in [0.25, 0.3) is 0 Å². The monoisotopic (exact) mass is 217 g/mol. The highest BCUT2D eigenvalue weighted by Crippen LogP contribution is 2.15. The zero-order chi connectivity index (χ0) is 11.3. The molecule has 1 saturated heterocycles. The Morgan fingerprint density at radius 1 is 1.33 bits per heavy atom. The topological polar surface area (TPSA) is 59.0 Å². The second-order valence-corrected chi connectivity index (χ2v) is 3.81. The summed E-state index contributed by atoms with van der Waals surface area (Å²) >= 11 is 0. The average molecular weight is 217 g/mol. The van der Waals surface area contributed by atoms with Gasteiger partial charge in [0, 0.05) is 33.7 Å². The van der Waals surface area contributed by atoms with Gasteiger partial charge in [0.25, 0.3) is 0 Å². The summed E-state index contributed by atoms with van der Waals surface area (Å²) in [6.07, 6.45) is 1.13. The van der Waals surface area contributed by atoms with E-state index in [1.807, 2.05) is 0 Å². The SMILES string of the molecule is COC1CN(CCCC(=O)O)CC1OC. The average Bonchev–Trinajstić information content (AvgIpc) is 2.59. The number of carbonyl (C=O) groups is 1. The molecule has 1 fully saturated rings. The summed E-state index contributed by atoms with van der Waals surface area (Å²) in [5.41, 5.74) is 0. The standard InChI is InChI=1S/C10H19NO4/c1-14-8-6-11(7-9(8)15-2)5-3-4-10(12)13/h8-9H,3-7H2,1-2H3,(H,12,13). The highest BCUT2D eigenvalue weighted by atomic mass is 16.5. The molecule has 0 saturated carbocycles. The van der Waals surface area contributed by atoms with Gasteiger partial charge in [-0.25, -0.2) is 0 Å². The molecule has 1 rings (SSSR count). The number of aliphatic carboxylic acids is 1. The molecule has 0 aliphatic carbocycles. The van der Waals surface area contributed by atoms with Crippen LogP contribution >= 0.6 is 0 Å². The van der Waals surface area contributed by atoms with Gasteiger partial charge in [-0.2, -0.15) is 0 Å². The number of ether oxygens (including phenoxy) is 2. The van der Waals surface area contributed by atoms with Crippen LogP contribution in [0.15, 0.2) is 0 Å². The van der Waals surface area contributed by atoms with E-state index in [4.69, 9.17) is 14.6 Å². The van der Waals surface area contributed by atoms with Crippen molar-refractivity contribution in [3.63, 3.8) is 0 Å². The summed E-state index contributed by atoms with van der Waals surface area (Å²) in [4.78, 5) is 12.5. The Balaban J connectivity index is 2.24. The Morgan fingerprint density at radius 2 is 1.87 bits per heavy atom. The minimum atomic E-state index is -0.735. The molecule has 5 nitrogen and oxygen atoms in total. The number of carboxylic acids is 1. The minimum absolute atomic E-state index is 0.111. The normalized spacial score (nSPS) is 27.1. The molecule has 1 aliphatic rings. The predicted molar refractivity (Wildman–Crippen MR) is 54.9 cm³/mol. The molecule has 0 aromatic carbocycles. The third-order valence-electron chi connectivity index (χ3n) is 2.76. The molecule has 0 amide bonds. The lowest BCUT2D eigenvalue weighted by atomic mass is 10.3. The van der Waals surface area contributed by atoms with Crippen molar-refractivity contribution in [1.82, 2.24) is 4.90 Å². The maximum Gasteiger partial charge on any atom is 0.303 e. The van der Waals surface area contributed by atoms with Crippen molar-refractivity contribution >= 4 is 5.97 Å². The van der Waals surface area contributed by atoms with Crippen molar-refractivity contribution in [3.8, 4) is 0 Å². The zero-order valence-corrected chi connectivity index (χ0v) is 9.31. The number of rotatable bonds is 6. The lowest BCUT2D eigenvalue weighted by molar-refractivity contribution is -0.137. The molecule has 1 heterocycles. The van der Waals surface area contributed by atoms with E-state index in [1.54, 1.807) is 14.2 Å². The molecule has 2 atom stereocenters. The van der Waals surface area contributed by atoms with Crippen molar-refractivity contribution in [2.45, 2.75) is 25.0 Å².